The highest BCUT2D eigenvalue weighted by Gasteiger charge is 2.13. The maximum atomic E-state index is 10.7. The summed E-state index contributed by atoms with van der Waals surface area (Å²) in [5.74, 6) is 2.45. The number of amidine groups is 1. The molecule has 0 bridgehead atoms. The van der Waals surface area contributed by atoms with Gasteiger partial charge in [0.1, 0.15) is 11.6 Å². The second-order valence-electron chi connectivity index (χ2n) is 5.23. The van der Waals surface area contributed by atoms with Crippen molar-refractivity contribution < 1.29 is 14.4 Å². The first-order chi connectivity index (χ1) is 11.7. The maximum absolute atomic E-state index is 10.7. The van der Waals surface area contributed by atoms with Crippen LogP contribution in [-0.4, -0.2) is 31.0 Å². The van der Waals surface area contributed by atoms with Crippen molar-refractivity contribution in [1.29, 1.82) is 0 Å². The molecule has 0 radical (unpaired) electrons. The van der Waals surface area contributed by atoms with Gasteiger partial charge in [-0.3, -0.25) is 15.1 Å². The summed E-state index contributed by atoms with van der Waals surface area (Å²) in [6.07, 6.45) is 1.03. The van der Waals surface area contributed by atoms with E-state index in [1.165, 1.54) is 12.1 Å². The fourth-order valence-electron chi connectivity index (χ4n) is 2.39. The summed E-state index contributed by atoms with van der Waals surface area (Å²) >= 11 is 0. The molecule has 1 aliphatic rings. The minimum absolute atomic E-state index is 0.0195. The molecule has 0 amide bonds. The highest BCUT2D eigenvalue weighted by molar-refractivity contribution is 5.99. The first-order valence-electron chi connectivity index (χ1n) is 7.56. The zero-order chi connectivity index (χ0) is 16.9. The van der Waals surface area contributed by atoms with E-state index in [4.69, 9.17) is 9.47 Å². The lowest BCUT2D eigenvalue weighted by molar-refractivity contribution is -0.384. The molecule has 3 rings (SSSR count). The fraction of sp³-hybridized carbons (Fsp3) is 0.235. The third-order valence-electron chi connectivity index (χ3n) is 3.61. The Balaban J connectivity index is 1.82. The van der Waals surface area contributed by atoms with E-state index >= 15 is 0 Å². The van der Waals surface area contributed by atoms with Crippen LogP contribution in [-0.2, 0) is 0 Å². The Morgan fingerprint density at radius 3 is 2.58 bits per heavy atom. The van der Waals surface area contributed by atoms with Crippen molar-refractivity contribution >= 4 is 11.5 Å². The molecule has 0 aliphatic carbocycles. The molecule has 24 heavy (non-hydrogen) atoms. The van der Waals surface area contributed by atoms with Gasteiger partial charge in [0.05, 0.1) is 12.0 Å². The maximum Gasteiger partial charge on any atom is 0.269 e. The number of nitrogens with one attached hydrogen (secondary N) is 1. The molecule has 1 aliphatic heterocycles. The molecule has 0 fully saturated rings. The molecule has 1 N–H and O–H groups in total. The second-order valence-corrected chi connectivity index (χ2v) is 5.23. The molecule has 7 heteroatoms. The molecule has 0 spiro atoms. The monoisotopic (exact) mass is 327 g/mol. The molecule has 0 saturated heterocycles. The van der Waals surface area contributed by atoms with Gasteiger partial charge in [-0.1, -0.05) is 0 Å². The number of rotatable bonds is 5. The Bertz CT molecular complexity index is 772. The number of non-ortho nitro benzene ring substituents is 1. The van der Waals surface area contributed by atoms with E-state index in [9.17, 15) is 10.1 Å². The number of hydrogen-bond acceptors (Lipinski definition) is 6. The SMILES string of the molecule is COc1cc(C2=NCCCN2)ccc1Oc1ccc([N+](=O)[O-])cc1. The van der Waals surface area contributed by atoms with Crippen LogP contribution in [0.2, 0.25) is 0 Å². The molecule has 0 atom stereocenters. The van der Waals surface area contributed by atoms with Gasteiger partial charge in [-0.2, -0.15) is 0 Å². The lowest BCUT2D eigenvalue weighted by atomic mass is 10.1. The van der Waals surface area contributed by atoms with E-state index in [1.807, 2.05) is 12.1 Å². The smallest absolute Gasteiger partial charge is 0.269 e. The molecule has 0 unspecified atom stereocenters. The van der Waals surface area contributed by atoms with Gasteiger partial charge in [0, 0.05) is 30.8 Å². The number of nitro benzene ring substituents is 1. The second kappa shape index (κ2) is 6.99. The number of hydrogen-bond donors (Lipinski definition) is 1. The van der Waals surface area contributed by atoms with Crippen molar-refractivity contribution in [1.82, 2.24) is 5.32 Å². The van der Waals surface area contributed by atoms with E-state index in [-0.39, 0.29) is 5.69 Å². The molecule has 2 aromatic rings. The summed E-state index contributed by atoms with van der Waals surface area (Å²) in [5.41, 5.74) is 0.952. The minimum Gasteiger partial charge on any atom is -0.493 e. The number of benzene rings is 2. The molecule has 124 valence electrons. The third-order valence-corrected chi connectivity index (χ3v) is 3.61. The van der Waals surface area contributed by atoms with Gasteiger partial charge in [-0.25, -0.2) is 0 Å². The van der Waals surface area contributed by atoms with Crippen LogP contribution in [0.3, 0.4) is 0 Å². The minimum atomic E-state index is -0.447. The Morgan fingerprint density at radius 1 is 1.17 bits per heavy atom. The highest BCUT2D eigenvalue weighted by Crippen LogP contribution is 2.33. The van der Waals surface area contributed by atoms with Crippen LogP contribution < -0.4 is 14.8 Å². The summed E-state index contributed by atoms with van der Waals surface area (Å²) in [6.45, 7) is 1.72. The van der Waals surface area contributed by atoms with Gasteiger partial charge in [0.2, 0.25) is 0 Å². The van der Waals surface area contributed by atoms with Gasteiger partial charge >= 0.3 is 0 Å². The Labute approximate surface area is 139 Å². The molecule has 2 aromatic carbocycles. The Kier molecular flexibility index (Phi) is 4.60. The van der Waals surface area contributed by atoms with E-state index in [0.717, 1.165) is 30.9 Å². The lowest BCUT2D eigenvalue weighted by Crippen LogP contribution is -2.30. The number of nitrogens with zero attached hydrogens (tertiary/aromatic N) is 2. The normalized spacial score (nSPS) is 13.6. The van der Waals surface area contributed by atoms with Gasteiger partial charge in [-0.15, -0.1) is 0 Å². The summed E-state index contributed by atoms with van der Waals surface area (Å²) in [7, 11) is 1.57. The number of nitro groups is 1. The quantitative estimate of drug-likeness (QED) is 0.673. The number of ether oxygens (including phenoxy) is 2. The summed E-state index contributed by atoms with van der Waals surface area (Å²) in [4.78, 5) is 14.7. The Hall–Kier alpha value is -3.09. The van der Waals surface area contributed by atoms with Crippen LogP contribution >= 0.6 is 0 Å². The van der Waals surface area contributed by atoms with E-state index in [1.54, 1.807) is 25.3 Å². The summed E-state index contributed by atoms with van der Waals surface area (Å²) in [6, 6.07) is 11.5. The first-order valence-corrected chi connectivity index (χ1v) is 7.56. The zero-order valence-corrected chi connectivity index (χ0v) is 13.2. The molecule has 0 aromatic heterocycles. The topological polar surface area (TPSA) is 86.0 Å². The first kappa shape index (κ1) is 15.8. The van der Waals surface area contributed by atoms with Crippen LogP contribution in [0.1, 0.15) is 12.0 Å². The van der Waals surface area contributed by atoms with Crippen LogP contribution in [0.15, 0.2) is 47.5 Å². The van der Waals surface area contributed by atoms with Gasteiger partial charge < -0.3 is 14.8 Å². The molecular formula is C17H17N3O4. The average molecular weight is 327 g/mol. The van der Waals surface area contributed by atoms with Crippen LogP contribution in [0.5, 0.6) is 17.2 Å². The van der Waals surface area contributed by atoms with Crippen LogP contribution in [0.25, 0.3) is 0 Å². The highest BCUT2D eigenvalue weighted by atomic mass is 16.6. The van der Waals surface area contributed by atoms with Crippen LogP contribution in [0.4, 0.5) is 5.69 Å². The predicted molar refractivity (Wildman–Crippen MR) is 90.2 cm³/mol. The predicted octanol–water partition coefficient (Wildman–Crippen LogP) is 3.14. The summed E-state index contributed by atoms with van der Waals surface area (Å²) < 4.78 is 11.2. The van der Waals surface area contributed by atoms with E-state index in [0.29, 0.717) is 17.2 Å². The number of methoxy groups -OCH3 is 1. The summed E-state index contributed by atoms with van der Waals surface area (Å²) in [5, 5.41) is 13.9. The van der Waals surface area contributed by atoms with Crippen molar-refractivity contribution in [2.24, 2.45) is 4.99 Å². The fourth-order valence-corrected chi connectivity index (χ4v) is 2.39. The largest absolute Gasteiger partial charge is 0.493 e. The van der Waals surface area contributed by atoms with Gasteiger partial charge in [-0.05, 0) is 36.8 Å². The number of aliphatic imine (C=N–C) groups is 1. The molecule has 1 heterocycles. The van der Waals surface area contributed by atoms with Crippen molar-refractivity contribution in [2.45, 2.75) is 6.42 Å². The van der Waals surface area contributed by atoms with Crippen molar-refractivity contribution in [3.8, 4) is 17.2 Å². The lowest BCUT2D eigenvalue weighted by Gasteiger charge is -2.16. The van der Waals surface area contributed by atoms with Crippen molar-refractivity contribution in [3.63, 3.8) is 0 Å². The molecular weight excluding hydrogens is 310 g/mol. The Morgan fingerprint density at radius 2 is 1.96 bits per heavy atom. The van der Waals surface area contributed by atoms with Crippen molar-refractivity contribution in [3.05, 3.63) is 58.1 Å². The van der Waals surface area contributed by atoms with Crippen LogP contribution in [0, 0.1) is 10.1 Å². The average Bonchev–Trinajstić information content (AvgIpc) is 2.63. The van der Waals surface area contributed by atoms with E-state index in [2.05, 4.69) is 10.3 Å². The standard InChI is InChI=1S/C17H17N3O4/c1-23-16-11-12(17-18-9-2-10-19-17)3-8-15(16)24-14-6-4-13(5-7-14)20(21)22/h3-8,11H,2,9-10H2,1H3,(H,18,19). The third kappa shape index (κ3) is 3.45. The molecule has 0 saturated carbocycles. The molecule has 7 nitrogen and oxygen atoms in total. The van der Waals surface area contributed by atoms with Gasteiger partial charge in [0.15, 0.2) is 11.5 Å². The van der Waals surface area contributed by atoms with E-state index < -0.39 is 4.92 Å². The van der Waals surface area contributed by atoms with Gasteiger partial charge in [0.25, 0.3) is 5.69 Å². The zero-order valence-electron chi connectivity index (χ0n) is 13.2. The van der Waals surface area contributed by atoms with Crippen molar-refractivity contribution in [2.75, 3.05) is 20.2 Å².